The van der Waals surface area contributed by atoms with E-state index in [1.807, 2.05) is 0 Å². The Morgan fingerprint density at radius 2 is 1.73 bits per heavy atom. The standard InChI is InChI=1S/C23H29N3O4/c1-28-20-12-15(13-21(29-2)23(20)30-3)4-9-22(27)24-10-11-26-19(17-7-8-17)14-18(25-26)16-5-6-16/h4,9,12-14,16-17H,5-8,10-11H2,1-3H3,(H,24,27)/b9-4+. The number of carbonyl (C=O) groups excluding carboxylic acids is 1. The Labute approximate surface area is 177 Å². The molecule has 0 unspecified atom stereocenters. The van der Waals surface area contributed by atoms with Crippen LogP contribution in [-0.2, 0) is 11.3 Å². The number of rotatable bonds is 10. The summed E-state index contributed by atoms with van der Waals surface area (Å²) in [5, 5.41) is 7.73. The van der Waals surface area contributed by atoms with Crippen molar-refractivity contribution in [3.05, 3.63) is 41.2 Å². The van der Waals surface area contributed by atoms with Crippen LogP contribution in [-0.4, -0.2) is 43.6 Å². The van der Waals surface area contributed by atoms with Crippen molar-refractivity contribution in [2.75, 3.05) is 27.9 Å². The van der Waals surface area contributed by atoms with E-state index in [1.165, 1.54) is 43.1 Å². The normalized spacial score (nSPS) is 16.0. The number of ether oxygens (including phenoxy) is 3. The lowest BCUT2D eigenvalue weighted by molar-refractivity contribution is -0.116. The number of hydrogen-bond acceptors (Lipinski definition) is 5. The van der Waals surface area contributed by atoms with Crippen molar-refractivity contribution in [2.24, 2.45) is 0 Å². The quantitative estimate of drug-likeness (QED) is 0.606. The maximum atomic E-state index is 12.3. The molecule has 160 valence electrons. The van der Waals surface area contributed by atoms with Gasteiger partial charge in [0.25, 0.3) is 0 Å². The molecule has 2 aliphatic carbocycles. The van der Waals surface area contributed by atoms with Crippen LogP contribution in [0, 0.1) is 0 Å². The number of benzene rings is 1. The summed E-state index contributed by atoms with van der Waals surface area (Å²) in [6.45, 7) is 1.24. The molecule has 7 nitrogen and oxygen atoms in total. The van der Waals surface area contributed by atoms with Gasteiger partial charge in [0.15, 0.2) is 11.5 Å². The Morgan fingerprint density at radius 1 is 1.07 bits per heavy atom. The van der Waals surface area contributed by atoms with Gasteiger partial charge < -0.3 is 19.5 Å². The number of carbonyl (C=O) groups is 1. The van der Waals surface area contributed by atoms with Crippen LogP contribution in [0.1, 0.15) is 54.5 Å². The number of amides is 1. The Bertz CT molecular complexity index is 917. The zero-order valence-electron chi connectivity index (χ0n) is 17.8. The molecule has 30 heavy (non-hydrogen) atoms. The number of nitrogens with one attached hydrogen (secondary N) is 1. The zero-order valence-corrected chi connectivity index (χ0v) is 17.8. The van der Waals surface area contributed by atoms with Gasteiger partial charge in [-0.2, -0.15) is 5.10 Å². The van der Waals surface area contributed by atoms with Crippen LogP contribution >= 0.6 is 0 Å². The van der Waals surface area contributed by atoms with E-state index >= 15 is 0 Å². The second-order valence-electron chi connectivity index (χ2n) is 7.85. The summed E-state index contributed by atoms with van der Waals surface area (Å²) in [6, 6.07) is 5.88. The highest BCUT2D eigenvalue weighted by Gasteiger charge is 2.32. The lowest BCUT2D eigenvalue weighted by atomic mass is 10.1. The second-order valence-corrected chi connectivity index (χ2v) is 7.85. The average molecular weight is 412 g/mol. The molecular formula is C23H29N3O4. The van der Waals surface area contributed by atoms with Gasteiger partial charge in [-0.1, -0.05) is 0 Å². The van der Waals surface area contributed by atoms with Crippen LogP contribution in [0.5, 0.6) is 17.2 Å². The lowest BCUT2D eigenvalue weighted by Gasteiger charge is -2.12. The van der Waals surface area contributed by atoms with Crippen molar-refractivity contribution in [1.29, 1.82) is 0 Å². The van der Waals surface area contributed by atoms with Crippen molar-refractivity contribution in [3.8, 4) is 17.2 Å². The summed E-state index contributed by atoms with van der Waals surface area (Å²) in [5.41, 5.74) is 3.35. The van der Waals surface area contributed by atoms with Crippen molar-refractivity contribution in [2.45, 2.75) is 44.1 Å². The minimum absolute atomic E-state index is 0.147. The first-order chi connectivity index (χ1) is 14.6. The van der Waals surface area contributed by atoms with Gasteiger partial charge in [0.2, 0.25) is 11.7 Å². The first-order valence-electron chi connectivity index (χ1n) is 10.5. The maximum Gasteiger partial charge on any atom is 0.244 e. The molecule has 0 bridgehead atoms. The number of nitrogens with zero attached hydrogens (tertiary/aromatic N) is 2. The third-order valence-electron chi connectivity index (χ3n) is 5.56. The zero-order chi connectivity index (χ0) is 21.1. The van der Waals surface area contributed by atoms with E-state index in [4.69, 9.17) is 19.3 Å². The van der Waals surface area contributed by atoms with Gasteiger partial charge in [-0.3, -0.25) is 9.48 Å². The Morgan fingerprint density at radius 3 is 2.30 bits per heavy atom. The molecule has 2 aromatic rings. The fourth-order valence-electron chi connectivity index (χ4n) is 3.63. The smallest absolute Gasteiger partial charge is 0.244 e. The van der Waals surface area contributed by atoms with E-state index in [1.54, 1.807) is 39.5 Å². The fraction of sp³-hybridized carbons (Fsp3) is 0.478. The van der Waals surface area contributed by atoms with Gasteiger partial charge in [-0.25, -0.2) is 0 Å². The molecule has 2 fully saturated rings. The Kier molecular flexibility index (Phi) is 5.97. The van der Waals surface area contributed by atoms with Crippen molar-refractivity contribution in [3.63, 3.8) is 0 Å². The molecule has 1 aromatic carbocycles. The van der Waals surface area contributed by atoms with Crippen LogP contribution in [0.4, 0.5) is 0 Å². The Hall–Kier alpha value is -2.96. The van der Waals surface area contributed by atoms with Gasteiger partial charge in [0.1, 0.15) is 0 Å². The van der Waals surface area contributed by atoms with Gasteiger partial charge in [-0.15, -0.1) is 0 Å². The highest BCUT2D eigenvalue weighted by Crippen LogP contribution is 2.44. The van der Waals surface area contributed by atoms with Crippen molar-refractivity contribution in [1.82, 2.24) is 15.1 Å². The van der Waals surface area contributed by atoms with Gasteiger partial charge in [-0.05, 0) is 55.5 Å². The highest BCUT2D eigenvalue weighted by atomic mass is 16.5. The van der Waals surface area contributed by atoms with Gasteiger partial charge >= 0.3 is 0 Å². The molecule has 7 heteroatoms. The average Bonchev–Trinajstić information content (AvgIpc) is 3.70. The van der Waals surface area contributed by atoms with Crippen LogP contribution in [0.15, 0.2) is 24.3 Å². The molecule has 4 rings (SSSR count). The first kappa shape index (κ1) is 20.3. The van der Waals surface area contributed by atoms with E-state index < -0.39 is 0 Å². The fourth-order valence-corrected chi connectivity index (χ4v) is 3.63. The maximum absolute atomic E-state index is 12.3. The molecule has 1 N–H and O–H groups in total. The summed E-state index contributed by atoms with van der Waals surface area (Å²) >= 11 is 0. The molecule has 0 aliphatic heterocycles. The van der Waals surface area contributed by atoms with Gasteiger partial charge in [0.05, 0.1) is 33.6 Å². The second kappa shape index (κ2) is 8.81. The largest absolute Gasteiger partial charge is 0.493 e. The monoisotopic (exact) mass is 411 g/mol. The molecule has 0 saturated heterocycles. The first-order valence-corrected chi connectivity index (χ1v) is 10.5. The van der Waals surface area contributed by atoms with Gasteiger partial charge in [0, 0.05) is 30.2 Å². The van der Waals surface area contributed by atoms with E-state index in [0.29, 0.717) is 42.2 Å². The number of aromatic nitrogens is 2. The summed E-state index contributed by atoms with van der Waals surface area (Å²) in [6.07, 6.45) is 8.25. The highest BCUT2D eigenvalue weighted by molar-refractivity contribution is 5.91. The predicted molar refractivity (Wildman–Crippen MR) is 114 cm³/mol. The van der Waals surface area contributed by atoms with E-state index in [-0.39, 0.29) is 5.91 Å². The van der Waals surface area contributed by atoms with Crippen LogP contribution in [0.2, 0.25) is 0 Å². The Balaban J connectivity index is 1.35. The third kappa shape index (κ3) is 4.61. The van der Waals surface area contributed by atoms with Crippen LogP contribution in [0.3, 0.4) is 0 Å². The molecule has 2 saturated carbocycles. The summed E-state index contributed by atoms with van der Waals surface area (Å²) in [7, 11) is 4.69. The third-order valence-corrected chi connectivity index (χ3v) is 5.56. The minimum atomic E-state index is -0.147. The molecule has 2 aliphatic rings. The molecule has 1 aromatic heterocycles. The molecule has 0 spiro atoms. The van der Waals surface area contributed by atoms with E-state index in [0.717, 1.165) is 5.56 Å². The van der Waals surface area contributed by atoms with Crippen LogP contribution in [0.25, 0.3) is 6.08 Å². The molecule has 0 atom stereocenters. The van der Waals surface area contributed by atoms with Crippen molar-refractivity contribution >= 4 is 12.0 Å². The van der Waals surface area contributed by atoms with Crippen LogP contribution < -0.4 is 19.5 Å². The summed E-state index contributed by atoms with van der Waals surface area (Å²) in [4.78, 5) is 12.3. The lowest BCUT2D eigenvalue weighted by Crippen LogP contribution is -2.26. The summed E-state index contributed by atoms with van der Waals surface area (Å²) in [5.74, 6) is 2.79. The molecule has 0 radical (unpaired) electrons. The molecule has 1 amide bonds. The number of methoxy groups -OCH3 is 3. The summed E-state index contributed by atoms with van der Waals surface area (Å²) < 4.78 is 18.1. The predicted octanol–water partition coefficient (Wildman–Crippen LogP) is 3.49. The molecular weight excluding hydrogens is 382 g/mol. The van der Waals surface area contributed by atoms with E-state index in [9.17, 15) is 4.79 Å². The molecule has 1 heterocycles. The topological polar surface area (TPSA) is 74.6 Å². The minimum Gasteiger partial charge on any atom is -0.493 e. The SMILES string of the molecule is COc1cc(/C=C/C(=O)NCCn2nc(C3CC3)cc2C2CC2)cc(OC)c1OC. The van der Waals surface area contributed by atoms with Crippen molar-refractivity contribution < 1.29 is 19.0 Å². The van der Waals surface area contributed by atoms with E-state index in [2.05, 4.69) is 16.1 Å². The number of hydrogen-bond donors (Lipinski definition) is 1.